The van der Waals surface area contributed by atoms with E-state index in [1.165, 1.54) is 6.21 Å². The Hall–Kier alpha value is -3.38. The van der Waals surface area contributed by atoms with Crippen molar-refractivity contribution in [2.24, 2.45) is 5.10 Å². The molecule has 0 fully saturated rings. The molecule has 7 heteroatoms. The van der Waals surface area contributed by atoms with Crippen molar-refractivity contribution in [2.45, 2.75) is 0 Å². The number of benzene rings is 2. The summed E-state index contributed by atoms with van der Waals surface area (Å²) >= 11 is 5.91. The molecule has 1 aromatic heterocycles. The molecule has 0 atom stereocenters. The van der Waals surface area contributed by atoms with Gasteiger partial charge in [-0.05, 0) is 36.4 Å². The number of carbonyl (C=O) groups is 1. The first-order valence-corrected chi connectivity index (χ1v) is 8.76. The van der Waals surface area contributed by atoms with Crippen LogP contribution >= 0.6 is 11.6 Å². The molecule has 0 aliphatic heterocycles. The minimum atomic E-state index is -0.415. The topological polar surface area (TPSA) is 72.8 Å². The van der Waals surface area contributed by atoms with E-state index in [4.69, 9.17) is 21.1 Å². The molecule has 3 aromatic rings. The van der Waals surface area contributed by atoms with E-state index in [2.05, 4.69) is 15.5 Å². The van der Waals surface area contributed by atoms with Crippen molar-refractivity contribution >= 4 is 23.7 Å². The van der Waals surface area contributed by atoms with Gasteiger partial charge in [0.2, 0.25) is 0 Å². The van der Waals surface area contributed by atoms with E-state index in [0.29, 0.717) is 22.2 Å². The number of hydrogen-bond acceptors (Lipinski definition) is 5. The van der Waals surface area contributed by atoms with Crippen LogP contribution in [0.15, 0.2) is 65.8 Å². The van der Waals surface area contributed by atoms with Crippen LogP contribution in [0.3, 0.4) is 0 Å². The highest BCUT2D eigenvalue weighted by molar-refractivity contribution is 6.30. The highest BCUT2D eigenvalue weighted by Gasteiger charge is 2.08. The van der Waals surface area contributed by atoms with Gasteiger partial charge in [-0.15, -0.1) is 0 Å². The number of halogens is 1. The van der Waals surface area contributed by atoms with Gasteiger partial charge in [-0.3, -0.25) is 4.79 Å². The van der Waals surface area contributed by atoms with Crippen molar-refractivity contribution in [1.29, 1.82) is 0 Å². The number of amides is 1. The van der Waals surface area contributed by atoms with Gasteiger partial charge in [0.05, 0.1) is 26.1 Å². The Kier molecular flexibility index (Phi) is 6.24. The summed E-state index contributed by atoms with van der Waals surface area (Å²) < 4.78 is 10.4. The molecule has 0 spiro atoms. The van der Waals surface area contributed by atoms with Crippen LogP contribution in [0.4, 0.5) is 0 Å². The minimum absolute atomic E-state index is 0.257. The molecule has 0 bridgehead atoms. The second kappa shape index (κ2) is 9.01. The summed E-state index contributed by atoms with van der Waals surface area (Å²) in [7, 11) is 3.13. The molecule has 0 saturated heterocycles. The number of ether oxygens (including phenoxy) is 2. The van der Waals surface area contributed by atoms with E-state index >= 15 is 0 Å². The second-order valence-electron chi connectivity index (χ2n) is 5.76. The monoisotopic (exact) mass is 395 g/mol. The number of hydrogen-bond donors (Lipinski definition) is 1. The summed E-state index contributed by atoms with van der Waals surface area (Å²) in [5, 5.41) is 4.63. The van der Waals surface area contributed by atoms with Crippen LogP contribution in [0, 0.1) is 0 Å². The molecule has 1 amide bonds. The van der Waals surface area contributed by atoms with Gasteiger partial charge in [-0.2, -0.15) is 5.10 Å². The molecular weight excluding hydrogens is 378 g/mol. The fraction of sp³-hybridized carbons (Fsp3) is 0.0952. The molecule has 1 heterocycles. The highest BCUT2D eigenvalue weighted by atomic mass is 35.5. The summed E-state index contributed by atoms with van der Waals surface area (Å²) in [6, 6.07) is 17.8. The standard InChI is InChI=1S/C21H18ClN3O3/c1-27-17-10-14(11-18(12-17)28-2)13-23-25-21(26)20-5-3-4-19(24-20)15-6-8-16(22)9-7-15/h3-13H,1-2H3,(H,25,26). The Morgan fingerprint density at radius 2 is 1.71 bits per heavy atom. The predicted molar refractivity (Wildman–Crippen MR) is 109 cm³/mol. The zero-order valence-corrected chi connectivity index (χ0v) is 16.1. The van der Waals surface area contributed by atoms with Crippen LogP contribution in [-0.2, 0) is 0 Å². The number of hydrazone groups is 1. The Balaban J connectivity index is 1.72. The van der Waals surface area contributed by atoms with Crippen molar-refractivity contribution in [3.8, 4) is 22.8 Å². The number of nitrogens with one attached hydrogen (secondary N) is 1. The van der Waals surface area contributed by atoms with E-state index in [-0.39, 0.29) is 5.69 Å². The van der Waals surface area contributed by atoms with E-state index in [0.717, 1.165) is 11.1 Å². The molecule has 0 aliphatic rings. The normalized spacial score (nSPS) is 10.7. The van der Waals surface area contributed by atoms with Crippen molar-refractivity contribution in [3.05, 3.63) is 76.9 Å². The summed E-state index contributed by atoms with van der Waals surface area (Å²) in [5.74, 6) is 0.843. The number of methoxy groups -OCH3 is 2. The van der Waals surface area contributed by atoms with Crippen LogP contribution in [0.1, 0.15) is 16.1 Å². The quantitative estimate of drug-likeness (QED) is 0.502. The number of pyridine rings is 1. The lowest BCUT2D eigenvalue weighted by Gasteiger charge is -2.06. The molecule has 0 aliphatic carbocycles. The largest absolute Gasteiger partial charge is 0.497 e. The molecule has 0 unspecified atom stereocenters. The fourth-order valence-electron chi connectivity index (χ4n) is 2.47. The number of aromatic nitrogens is 1. The minimum Gasteiger partial charge on any atom is -0.497 e. The predicted octanol–water partition coefficient (Wildman–Crippen LogP) is 4.18. The Bertz CT molecular complexity index is 982. The molecule has 28 heavy (non-hydrogen) atoms. The summed E-state index contributed by atoms with van der Waals surface area (Å²) in [6.45, 7) is 0. The molecule has 3 rings (SSSR count). The molecule has 142 valence electrons. The number of rotatable bonds is 6. The average molecular weight is 396 g/mol. The van der Waals surface area contributed by atoms with Gasteiger partial charge in [-0.1, -0.05) is 29.8 Å². The van der Waals surface area contributed by atoms with Crippen molar-refractivity contribution < 1.29 is 14.3 Å². The lowest BCUT2D eigenvalue weighted by atomic mass is 10.1. The van der Waals surface area contributed by atoms with Crippen LogP contribution in [-0.4, -0.2) is 31.3 Å². The molecule has 6 nitrogen and oxygen atoms in total. The first-order chi connectivity index (χ1) is 13.6. The van der Waals surface area contributed by atoms with E-state index in [1.807, 2.05) is 18.2 Å². The van der Waals surface area contributed by atoms with Gasteiger partial charge >= 0.3 is 0 Å². The Morgan fingerprint density at radius 1 is 1.04 bits per heavy atom. The molecule has 1 N–H and O–H groups in total. The zero-order chi connectivity index (χ0) is 19.9. The third-order valence-electron chi connectivity index (χ3n) is 3.88. The average Bonchev–Trinajstić information content (AvgIpc) is 2.74. The van der Waals surface area contributed by atoms with Gasteiger partial charge in [0, 0.05) is 22.2 Å². The zero-order valence-electron chi connectivity index (χ0n) is 15.3. The fourth-order valence-corrected chi connectivity index (χ4v) is 2.60. The van der Waals surface area contributed by atoms with Gasteiger partial charge in [0.15, 0.2) is 0 Å². The number of nitrogens with zero attached hydrogens (tertiary/aromatic N) is 2. The van der Waals surface area contributed by atoms with Gasteiger partial charge < -0.3 is 9.47 Å². The van der Waals surface area contributed by atoms with Crippen LogP contribution in [0.2, 0.25) is 5.02 Å². The maximum Gasteiger partial charge on any atom is 0.289 e. The van der Waals surface area contributed by atoms with Gasteiger partial charge in [0.25, 0.3) is 5.91 Å². The molecule has 0 saturated carbocycles. The van der Waals surface area contributed by atoms with Crippen LogP contribution in [0.25, 0.3) is 11.3 Å². The van der Waals surface area contributed by atoms with E-state index in [9.17, 15) is 4.79 Å². The third kappa shape index (κ3) is 4.86. The smallest absolute Gasteiger partial charge is 0.289 e. The van der Waals surface area contributed by atoms with Crippen molar-refractivity contribution in [3.63, 3.8) is 0 Å². The van der Waals surface area contributed by atoms with Crippen LogP contribution < -0.4 is 14.9 Å². The van der Waals surface area contributed by atoms with Gasteiger partial charge in [-0.25, -0.2) is 10.4 Å². The summed E-state index contributed by atoms with van der Waals surface area (Å²) in [5.41, 5.74) is 4.99. The van der Waals surface area contributed by atoms with E-state index in [1.54, 1.807) is 56.7 Å². The van der Waals surface area contributed by atoms with Crippen LogP contribution in [0.5, 0.6) is 11.5 Å². The molecule has 2 aromatic carbocycles. The molecule has 0 radical (unpaired) electrons. The van der Waals surface area contributed by atoms with Crippen molar-refractivity contribution in [2.75, 3.05) is 14.2 Å². The Morgan fingerprint density at radius 3 is 2.36 bits per heavy atom. The maximum atomic E-state index is 12.4. The molecular formula is C21H18ClN3O3. The van der Waals surface area contributed by atoms with Crippen molar-refractivity contribution in [1.82, 2.24) is 10.4 Å². The highest BCUT2D eigenvalue weighted by Crippen LogP contribution is 2.22. The Labute approximate surface area is 167 Å². The lowest BCUT2D eigenvalue weighted by Crippen LogP contribution is -2.19. The van der Waals surface area contributed by atoms with E-state index < -0.39 is 5.91 Å². The SMILES string of the molecule is COc1cc(C=NNC(=O)c2cccc(-c3ccc(Cl)cc3)n2)cc(OC)c1. The first-order valence-electron chi connectivity index (χ1n) is 8.38. The summed E-state index contributed by atoms with van der Waals surface area (Å²) in [6.07, 6.45) is 1.51. The number of carbonyl (C=O) groups excluding carboxylic acids is 1. The summed E-state index contributed by atoms with van der Waals surface area (Å²) in [4.78, 5) is 16.7. The first kappa shape index (κ1) is 19.4. The van der Waals surface area contributed by atoms with Gasteiger partial charge in [0.1, 0.15) is 17.2 Å². The third-order valence-corrected chi connectivity index (χ3v) is 4.13. The lowest BCUT2D eigenvalue weighted by molar-refractivity contribution is 0.0950. The maximum absolute atomic E-state index is 12.4. The second-order valence-corrected chi connectivity index (χ2v) is 6.20.